The quantitative estimate of drug-likeness (QED) is 0.783. The van der Waals surface area contributed by atoms with Gasteiger partial charge in [-0.1, -0.05) is 23.7 Å². The fourth-order valence-corrected chi connectivity index (χ4v) is 3.05. The van der Waals surface area contributed by atoms with E-state index in [1.807, 2.05) is 6.92 Å². The summed E-state index contributed by atoms with van der Waals surface area (Å²) in [6, 6.07) is 4.22. The molecule has 2 unspecified atom stereocenters. The minimum atomic E-state index is -1.05. The fourth-order valence-electron chi connectivity index (χ4n) is 2.81. The highest BCUT2D eigenvalue weighted by atomic mass is 35.5. The van der Waals surface area contributed by atoms with Crippen LogP contribution in [0.3, 0.4) is 0 Å². The van der Waals surface area contributed by atoms with Gasteiger partial charge in [-0.05, 0) is 25.8 Å². The van der Waals surface area contributed by atoms with E-state index >= 15 is 0 Å². The summed E-state index contributed by atoms with van der Waals surface area (Å²) in [5, 5.41) is 12.4. The highest BCUT2D eigenvalue weighted by Gasteiger charge is 2.31. The summed E-state index contributed by atoms with van der Waals surface area (Å²) in [4.78, 5) is 23.8. The lowest BCUT2D eigenvalue weighted by atomic mass is 9.93. The number of amides is 1. The first-order valence-corrected chi connectivity index (χ1v) is 8.40. The van der Waals surface area contributed by atoms with Gasteiger partial charge in [0.25, 0.3) is 0 Å². The molecule has 0 aliphatic carbocycles. The topological polar surface area (TPSA) is 84.9 Å². The number of carboxylic acids is 1. The molecule has 132 valence electrons. The van der Waals surface area contributed by atoms with Crippen molar-refractivity contribution in [3.8, 4) is 5.75 Å². The average Bonchev–Trinajstić information content (AvgIpc) is 2.56. The van der Waals surface area contributed by atoms with Crippen molar-refractivity contribution in [1.29, 1.82) is 0 Å². The fraction of sp³-hybridized carbons (Fsp3) is 0.529. The third-order valence-electron chi connectivity index (χ3n) is 3.94. The van der Waals surface area contributed by atoms with E-state index in [-0.39, 0.29) is 18.2 Å². The standard InChI is InChI=1S/C17H22ClNO5/c1-2-24-16-11(5-3-7-13(16)18)9-14(20)19-15(17(21)22)12-6-4-8-23-10-12/h3,5,7,12,15H,2,4,6,8-10H2,1H3,(H,19,20)(H,21,22). The Labute approximate surface area is 146 Å². The molecule has 2 rings (SSSR count). The van der Waals surface area contributed by atoms with Crippen LogP contribution in [0.2, 0.25) is 5.02 Å². The van der Waals surface area contributed by atoms with Crippen LogP contribution in [0.15, 0.2) is 18.2 Å². The molecule has 1 heterocycles. The van der Waals surface area contributed by atoms with Crippen molar-refractivity contribution in [3.05, 3.63) is 28.8 Å². The number of para-hydroxylation sites is 1. The molecule has 0 spiro atoms. The van der Waals surface area contributed by atoms with Crippen molar-refractivity contribution in [2.45, 2.75) is 32.2 Å². The minimum absolute atomic E-state index is 0.00719. The van der Waals surface area contributed by atoms with Gasteiger partial charge in [0, 0.05) is 18.1 Å². The summed E-state index contributed by atoms with van der Waals surface area (Å²) in [6.07, 6.45) is 1.53. The van der Waals surface area contributed by atoms with Crippen LogP contribution >= 0.6 is 11.6 Å². The smallest absolute Gasteiger partial charge is 0.326 e. The second-order valence-corrected chi connectivity index (χ2v) is 6.11. The van der Waals surface area contributed by atoms with E-state index in [1.165, 1.54) is 0 Å². The van der Waals surface area contributed by atoms with Gasteiger partial charge < -0.3 is 19.9 Å². The van der Waals surface area contributed by atoms with Crippen LogP contribution in [0.1, 0.15) is 25.3 Å². The molecule has 2 N–H and O–H groups in total. The van der Waals surface area contributed by atoms with E-state index in [2.05, 4.69) is 5.32 Å². The maximum atomic E-state index is 12.3. The average molecular weight is 356 g/mol. The van der Waals surface area contributed by atoms with Crippen LogP contribution in [0, 0.1) is 5.92 Å². The van der Waals surface area contributed by atoms with Gasteiger partial charge in [0.1, 0.15) is 11.8 Å². The summed E-state index contributed by atoms with van der Waals surface area (Å²) in [6.45, 7) is 3.24. The summed E-state index contributed by atoms with van der Waals surface area (Å²) >= 11 is 6.10. The SMILES string of the molecule is CCOc1c(Cl)cccc1CC(=O)NC(C(=O)O)C1CCCOC1. The zero-order valence-electron chi connectivity index (χ0n) is 13.6. The summed E-state index contributed by atoms with van der Waals surface area (Å²) in [5.41, 5.74) is 0.630. The second kappa shape index (κ2) is 8.89. The molecule has 1 aliphatic heterocycles. The molecule has 1 saturated heterocycles. The lowest BCUT2D eigenvalue weighted by Crippen LogP contribution is -2.48. The van der Waals surface area contributed by atoms with Crippen LogP contribution in [-0.2, 0) is 20.7 Å². The predicted octanol–water partition coefficient (Wildman–Crippen LogP) is 2.28. The van der Waals surface area contributed by atoms with Crippen LogP contribution in [-0.4, -0.2) is 42.8 Å². The normalized spacial score (nSPS) is 18.7. The number of benzene rings is 1. The van der Waals surface area contributed by atoms with Gasteiger partial charge >= 0.3 is 5.97 Å². The first-order chi connectivity index (χ1) is 11.5. The number of hydrogen-bond acceptors (Lipinski definition) is 4. The number of nitrogens with one attached hydrogen (secondary N) is 1. The van der Waals surface area contributed by atoms with Gasteiger partial charge in [0.05, 0.1) is 24.7 Å². The first kappa shape index (κ1) is 18.5. The van der Waals surface area contributed by atoms with Gasteiger partial charge in [-0.3, -0.25) is 4.79 Å². The highest BCUT2D eigenvalue weighted by Crippen LogP contribution is 2.29. The molecule has 1 aromatic carbocycles. The van der Waals surface area contributed by atoms with Gasteiger partial charge in [0.2, 0.25) is 5.91 Å². The Morgan fingerprint density at radius 2 is 2.29 bits per heavy atom. The molecule has 0 aromatic heterocycles. The van der Waals surface area contributed by atoms with Gasteiger partial charge in [-0.2, -0.15) is 0 Å². The number of hydrogen-bond donors (Lipinski definition) is 2. The van der Waals surface area contributed by atoms with Crippen molar-refractivity contribution in [2.75, 3.05) is 19.8 Å². The number of carbonyl (C=O) groups excluding carboxylic acids is 1. The third kappa shape index (κ3) is 4.85. The molecule has 1 amide bonds. The molecular formula is C17H22ClNO5. The van der Waals surface area contributed by atoms with E-state index in [4.69, 9.17) is 21.1 Å². The van der Waals surface area contributed by atoms with Gasteiger partial charge in [-0.25, -0.2) is 4.79 Å². The Hall–Kier alpha value is -1.79. The van der Waals surface area contributed by atoms with Crippen molar-refractivity contribution in [1.82, 2.24) is 5.32 Å². The monoisotopic (exact) mass is 355 g/mol. The summed E-state index contributed by atoms with van der Waals surface area (Å²) in [5.74, 6) is -1.18. The second-order valence-electron chi connectivity index (χ2n) is 5.70. The number of carbonyl (C=O) groups is 2. The number of ether oxygens (including phenoxy) is 2. The van der Waals surface area contributed by atoms with Crippen LogP contribution in [0.25, 0.3) is 0 Å². The molecule has 6 nitrogen and oxygen atoms in total. The van der Waals surface area contributed by atoms with Crippen LogP contribution in [0.4, 0.5) is 0 Å². The van der Waals surface area contributed by atoms with Gasteiger partial charge in [0.15, 0.2) is 0 Å². The maximum absolute atomic E-state index is 12.3. The zero-order chi connectivity index (χ0) is 17.5. The number of aliphatic carboxylic acids is 1. The Bertz CT molecular complexity index is 586. The molecule has 1 aromatic rings. The number of halogens is 1. The van der Waals surface area contributed by atoms with E-state index < -0.39 is 12.0 Å². The molecule has 0 radical (unpaired) electrons. The van der Waals surface area contributed by atoms with Crippen molar-refractivity contribution >= 4 is 23.5 Å². The van der Waals surface area contributed by atoms with Crippen molar-refractivity contribution in [3.63, 3.8) is 0 Å². The Kier molecular flexibility index (Phi) is 6.87. The number of carboxylic acid groups (broad SMARTS) is 1. The zero-order valence-corrected chi connectivity index (χ0v) is 14.3. The maximum Gasteiger partial charge on any atom is 0.326 e. The predicted molar refractivity (Wildman–Crippen MR) is 89.4 cm³/mol. The van der Waals surface area contributed by atoms with Crippen LogP contribution < -0.4 is 10.1 Å². The third-order valence-corrected chi connectivity index (χ3v) is 4.24. The van der Waals surface area contributed by atoms with Crippen LogP contribution in [0.5, 0.6) is 5.75 Å². The summed E-state index contributed by atoms with van der Waals surface area (Å²) in [7, 11) is 0. The molecule has 0 saturated carbocycles. The largest absolute Gasteiger partial charge is 0.492 e. The molecule has 1 aliphatic rings. The lowest BCUT2D eigenvalue weighted by molar-refractivity contribution is -0.145. The lowest BCUT2D eigenvalue weighted by Gasteiger charge is -2.28. The van der Waals surface area contributed by atoms with E-state index in [9.17, 15) is 14.7 Å². The molecule has 24 heavy (non-hydrogen) atoms. The van der Waals surface area contributed by atoms with E-state index in [0.717, 1.165) is 12.8 Å². The van der Waals surface area contributed by atoms with Gasteiger partial charge in [-0.15, -0.1) is 0 Å². The summed E-state index contributed by atoms with van der Waals surface area (Å²) < 4.78 is 10.8. The van der Waals surface area contributed by atoms with E-state index in [0.29, 0.717) is 36.2 Å². The number of rotatable bonds is 7. The molecule has 7 heteroatoms. The van der Waals surface area contributed by atoms with Crippen molar-refractivity contribution in [2.24, 2.45) is 5.92 Å². The molecule has 2 atom stereocenters. The highest BCUT2D eigenvalue weighted by molar-refractivity contribution is 6.32. The minimum Gasteiger partial charge on any atom is -0.492 e. The Morgan fingerprint density at radius 1 is 1.50 bits per heavy atom. The van der Waals surface area contributed by atoms with Crippen molar-refractivity contribution < 1.29 is 24.2 Å². The molecule has 1 fully saturated rings. The molecular weight excluding hydrogens is 334 g/mol. The Morgan fingerprint density at radius 3 is 2.92 bits per heavy atom. The van der Waals surface area contributed by atoms with E-state index in [1.54, 1.807) is 18.2 Å². The Balaban J connectivity index is 2.06. The molecule has 0 bridgehead atoms. The first-order valence-electron chi connectivity index (χ1n) is 8.03.